The van der Waals surface area contributed by atoms with Crippen LogP contribution in [-0.2, 0) is 9.16 Å². The maximum atomic E-state index is 6.14. The van der Waals surface area contributed by atoms with Crippen LogP contribution in [0.15, 0.2) is 0 Å². The van der Waals surface area contributed by atoms with Crippen molar-refractivity contribution in [1.29, 1.82) is 0 Å². The predicted octanol–water partition coefficient (Wildman–Crippen LogP) is 2.80. The molecule has 0 N–H and O–H groups in total. The third kappa shape index (κ3) is 2.79. The molecule has 0 bridgehead atoms. The lowest BCUT2D eigenvalue weighted by Gasteiger charge is -2.38. The summed E-state index contributed by atoms with van der Waals surface area (Å²) >= 11 is 0. The molecule has 78 valence electrons. The van der Waals surface area contributed by atoms with Gasteiger partial charge in [-0.05, 0) is 25.1 Å². The molecule has 0 aromatic heterocycles. The van der Waals surface area contributed by atoms with Crippen molar-refractivity contribution in [3.05, 3.63) is 0 Å². The van der Waals surface area contributed by atoms with Crippen LogP contribution in [0.1, 0.15) is 27.7 Å². The Labute approximate surface area is 82.7 Å². The molecule has 0 unspecified atom stereocenters. The van der Waals surface area contributed by atoms with E-state index in [0.717, 1.165) is 6.61 Å². The Bertz CT molecular complexity index is 180. The van der Waals surface area contributed by atoms with Crippen LogP contribution in [-0.4, -0.2) is 27.1 Å². The van der Waals surface area contributed by atoms with Crippen molar-refractivity contribution in [3.8, 4) is 0 Å². The van der Waals surface area contributed by atoms with Crippen molar-refractivity contribution in [2.24, 2.45) is 0 Å². The number of ether oxygens (including phenoxy) is 1. The third-order valence-electron chi connectivity index (χ3n) is 3.17. The molecule has 1 heterocycles. The summed E-state index contributed by atoms with van der Waals surface area (Å²) in [5.41, 5.74) is 0. The topological polar surface area (TPSA) is 21.8 Å². The van der Waals surface area contributed by atoms with Crippen molar-refractivity contribution in [2.45, 2.75) is 58.0 Å². The highest BCUT2D eigenvalue weighted by atomic mass is 28.4. The highest BCUT2D eigenvalue weighted by Crippen LogP contribution is 2.38. The van der Waals surface area contributed by atoms with Crippen LogP contribution >= 0.6 is 0 Å². The highest BCUT2D eigenvalue weighted by Gasteiger charge is 2.41. The van der Waals surface area contributed by atoms with Crippen LogP contribution in [0, 0.1) is 0 Å². The van der Waals surface area contributed by atoms with Crippen LogP contribution in [0.5, 0.6) is 0 Å². The maximum Gasteiger partial charge on any atom is 0.192 e. The number of hydrogen-bond acceptors (Lipinski definition) is 2. The van der Waals surface area contributed by atoms with E-state index in [2.05, 4.69) is 40.8 Å². The molecule has 3 heteroatoms. The van der Waals surface area contributed by atoms with Gasteiger partial charge in [0.05, 0.1) is 12.7 Å². The van der Waals surface area contributed by atoms with Gasteiger partial charge in [0, 0.05) is 0 Å². The van der Waals surface area contributed by atoms with E-state index in [1.54, 1.807) is 0 Å². The second-order valence-corrected chi connectivity index (χ2v) is 10.2. The smallest absolute Gasteiger partial charge is 0.192 e. The number of hydrogen-bond donors (Lipinski definition) is 0. The van der Waals surface area contributed by atoms with Gasteiger partial charge >= 0.3 is 0 Å². The molecule has 1 aliphatic rings. The Morgan fingerprint density at radius 3 is 2.15 bits per heavy atom. The van der Waals surface area contributed by atoms with Crippen molar-refractivity contribution in [2.75, 3.05) is 6.61 Å². The zero-order chi connectivity index (χ0) is 10.3. The molecule has 1 fully saturated rings. The van der Waals surface area contributed by atoms with E-state index < -0.39 is 8.32 Å². The molecular formula is C10H22O2Si. The van der Waals surface area contributed by atoms with Crippen molar-refractivity contribution in [1.82, 2.24) is 0 Å². The zero-order valence-electron chi connectivity index (χ0n) is 9.68. The fourth-order valence-electron chi connectivity index (χ4n) is 1.04. The second-order valence-electron chi connectivity index (χ2n) is 5.46. The second kappa shape index (κ2) is 3.37. The van der Waals surface area contributed by atoms with Gasteiger partial charge in [-0.15, -0.1) is 0 Å². The summed E-state index contributed by atoms with van der Waals surface area (Å²) in [6.07, 6.45) is 0.648. The Morgan fingerprint density at radius 2 is 1.85 bits per heavy atom. The molecule has 0 radical (unpaired) electrons. The minimum absolute atomic E-state index is 0.279. The third-order valence-corrected chi connectivity index (χ3v) is 7.74. The van der Waals surface area contributed by atoms with E-state index in [1.807, 2.05) is 0 Å². The van der Waals surface area contributed by atoms with E-state index in [9.17, 15) is 0 Å². The Kier molecular flexibility index (Phi) is 2.91. The summed E-state index contributed by atoms with van der Waals surface area (Å²) in [5.74, 6) is 0. The SMILES string of the molecule is C[C@H](O[Si](C)(C)C(C)(C)C)[C@@H]1CO1. The van der Waals surface area contributed by atoms with Gasteiger partial charge in [0.25, 0.3) is 0 Å². The molecule has 2 atom stereocenters. The molecule has 13 heavy (non-hydrogen) atoms. The first-order valence-corrected chi connectivity index (χ1v) is 7.94. The van der Waals surface area contributed by atoms with Gasteiger partial charge in [0.1, 0.15) is 6.10 Å². The highest BCUT2D eigenvalue weighted by molar-refractivity contribution is 6.74. The van der Waals surface area contributed by atoms with Crippen molar-refractivity contribution < 1.29 is 9.16 Å². The van der Waals surface area contributed by atoms with Gasteiger partial charge in [-0.25, -0.2) is 0 Å². The van der Waals surface area contributed by atoms with E-state index in [1.165, 1.54) is 0 Å². The van der Waals surface area contributed by atoms with Crippen LogP contribution in [0.2, 0.25) is 18.1 Å². The predicted molar refractivity (Wildman–Crippen MR) is 57.5 cm³/mol. The fourth-order valence-corrected chi connectivity index (χ4v) is 2.48. The van der Waals surface area contributed by atoms with Gasteiger partial charge in [-0.3, -0.25) is 0 Å². The molecule has 1 rings (SSSR count). The molecule has 0 amide bonds. The quantitative estimate of drug-likeness (QED) is 0.518. The van der Waals surface area contributed by atoms with Gasteiger partial charge in [0.15, 0.2) is 8.32 Å². The Morgan fingerprint density at radius 1 is 1.38 bits per heavy atom. The monoisotopic (exact) mass is 202 g/mol. The van der Waals surface area contributed by atoms with Crippen LogP contribution in [0.25, 0.3) is 0 Å². The summed E-state index contributed by atoms with van der Waals surface area (Å²) in [7, 11) is -1.57. The summed E-state index contributed by atoms with van der Waals surface area (Å²) in [6.45, 7) is 14.4. The first-order chi connectivity index (χ1) is 5.74. The zero-order valence-corrected chi connectivity index (χ0v) is 10.7. The summed E-state index contributed by atoms with van der Waals surface area (Å²) in [5, 5.41) is 0.302. The van der Waals surface area contributed by atoms with Gasteiger partial charge in [-0.2, -0.15) is 0 Å². The Balaban J connectivity index is 2.49. The first-order valence-electron chi connectivity index (χ1n) is 5.03. The van der Waals surface area contributed by atoms with E-state index in [0.29, 0.717) is 11.1 Å². The average molecular weight is 202 g/mol. The molecule has 2 nitrogen and oxygen atoms in total. The van der Waals surface area contributed by atoms with Crippen molar-refractivity contribution in [3.63, 3.8) is 0 Å². The summed E-state index contributed by atoms with van der Waals surface area (Å²) < 4.78 is 11.4. The molecule has 0 saturated carbocycles. The fraction of sp³-hybridized carbons (Fsp3) is 1.00. The minimum Gasteiger partial charge on any atom is -0.411 e. The molecule has 1 saturated heterocycles. The molecule has 0 aromatic carbocycles. The van der Waals surface area contributed by atoms with E-state index in [-0.39, 0.29) is 6.10 Å². The lowest BCUT2D eigenvalue weighted by atomic mass is 10.2. The summed E-state index contributed by atoms with van der Waals surface area (Å²) in [6, 6.07) is 0. The molecule has 0 aromatic rings. The molecule has 0 aliphatic carbocycles. The Hall–Kier alpha value is 0.137. The minimum atomic E-state index is -1.57. The van der Waals surface area contributed by atoms with Gasteiger partial charge < -0.3 is 9.16 Å². The summed E-state index contributed by atoms with van der Waals surface area (Å²) in [4.78, 5) is 0. The van der Waals surface area contributed by atoms with Crippen LogP contribution in [0.4, 0.5) is 0 Å². The first kappa shape index (κ1) is 11.2. The maximum absolute atomic E-state index is 6.14. The van der Waals surface area contributed by atoms with Crippen molar-refractivity contribution >= 4 is 8.32 Å². The molecule has 1 aliphatic heterocycles. The number of epoxide rings is 1. The van der Waals surface area contributed by atoms with Gasteiger partial charge in [-0.1, -0.05) is 20.8 Å². The largest absolute Gasteiger partial charge is 0.411 e. The standard InChI is InChI=1S/C10H22O2Si/c1-8(9-7-11-9)12-13(5,6)10(2,3)4/h8-9H,7H2,1-6H3/t8-,9-/m0/s1. The average Bonchev–Trinajstić information content (AvgIpc) is 2.62. The van der Waals surface area contributed by atoms with Gasteiger partial charge in [0.2, 0.25) is 0 Å². The van der Waals surface area contributed by atoms with E-state index in [4.69, 9.17) is 9.16 Å². The lowest BCUT2D eigenvalue weighted by Crippen LogP contribution is -2.44. The molecular weight excluding hydrogens is 180 g/mol. The molecule has 0 spiro atoms. The van der Waals surface area contributed by atoms with E-state index >= 15 is 0 Å². The number of rotatable bonds is 3. The van der Waals surface area contributed by atoms with Crippen LogP contribution < -0.4 is 0 Å². The van der Waals surface area contributed by atoms with Crippen LogP contribution in [0.3, 0.4) is 0 Å². The normalized spacial score (nSPS) is 25.8. The lowest BCUT2D eigenvalue weighted by molar-refractivity contribution is 0.159.